The molecule has 1 atom stereocenters. The zero-order chi connectivity index (χ0) is 16.1. The number of rotatable bonds is 5. The minimum Gasteiger partial charge on any atom is -0.359 e. The number of hydrogen-bond donors (Lipinski definition) is 1. The normalized spacial score (nSPS) is 17.4. The van der Waals surface area contributed by atoms with Crippen LogP contribution in [0.25, 0.3) is 0 Å². The second kappa shape index (κ2) is 7.31. The lowest BCUT2D eigenvalue weighted by Gasteiger charge is -2.23. The van der Waals surface area contributed by atoms with Gasteiger partial charge in [-0.15, -0.1) is 0 Å². The summed E-state index contributed by atoms with van der Waals surface area (Å²) < 4.78 is 5.42. The molecule has 2 amide bonds. The molecule has 1 fully saturated rings. The third kappa shape index (κ3) is 3.73. The standard InChI is InChI=1S/C18H23N3O2/c1-2-15-13-17(23-20-15)16-9-6-12-21(16)18(22)19-11-10-14-7-4-3-5-8-14/h3-5,7-8,13,16H,2,6,9-12H2,1H3,(H,19,22)/t16-/m0/s1. The van der Waals surface area contributed by atoms with Crippen molar-refractivity contribution >= 4 is 6.03 Å². The molecule has 2 heterocycles. The number of benzene rings is 1. The SMILES string of the molecule is CCc1cc([C@@H]2CCCN2C(=O)NCCc2ccccc2)on1. The van der Waals surface area contributed by atoms with Gasteiger partial charge in [-0.05, 0) is 31.2 Å². The van der Waals surface area contributed by atoms with Crippen molar-refractivity contribution in [2.24, 2.45) is 0 Å². The molecular weight excluding hydrogens is 290 g/mol. The van der Waals surface area contributed by atoms with Crippen LogP contribution in [0.2, 0.25) is 0 Å². The third-order valence-corrected chi connectivity index (χ3v) is 4.31. The van der Waals surface area contributed by atoms with Crippen molar-refractivity contribution in [1.82, 2.24) is 15.4 Å². The predicted molar refractivity (Wildman–Crippen MR) is 88.1 cm³/mol. The Morgan fingerprint density at radius 3 is 2.96 bits per heavy atom. The van der Waals surface area contributed by atoms with Gasteiger partial charge in [-0.3, -0.25) is 0 Å². The van der Waals surface area contributed by atoms with Crippen LogP contribution >= 0.6 is 0 Å². The molecule has 0 spiro atoms. The van der Waals surface area contributed by atoms with E-state index in [2.05, 4.69) is 22.6 Å². The van der Waals surface area contributed by atoms with Gasteiger partial charge in [0, 0.05) is 19.2 Å². The fourth-order valence-corrected chi connectivity index (χ4v) is 3.02. The summed E-state index contributed by atoms with van der Waals surface area (Å²) in [6.07, 6.45) is 3.62. The molecule has 3 rings (SSSR count). The van der Waals surface area contributed by atoms with E-state index in [1.54, 1.807) is 0 Å². The Bertz CT molecular complexity index is 639. The number of nitrogens with zero attached hydrogens (tertiary/aromatic N) is 2. The van der Waals surface area contributed by atoms with Gasteiger partial charge in [-0.2, -0.15) is 0 Å². The number of hydrogen-bond acceptors (Lipinski definition) is 3. The van der Waals surface area contributed by atoms with Gasteiger partial charge in [-0.25, -0.2) is 4.79 Å². The van der Waals surface area contributed by atoms with E-state index in [9.17, 15) is 4.79 Å². The molecular formula is C18H23N3O2. The molecule has 0 saturated carbocycles. The molecule has 23 heavy (non-hydrogen) atoms. The van der Waals surface area contributed by atoms with E-state index in [1.807, 2.05) is 36.1 Å². The predicted octanol–water partition coefficient (Wildman–Crippen LogP) is 3.33. The van der Waals surface area contributed by atoms with E-state index in [0.717, 1.165) is 43.7 Å². The first-order valence-electron chi connectivity index (χ1n) is 8.32. The van der Waals surface area contributed by atoms with E-state index < -0.39 is 0 Å². The maximum absolute atomic E-state index is 12.4. The first kappa shape index (κ1) is 15.6. The van der Waals surface area contributed by atoms with Gasteiger partial charge in [0.25, 0.3) is 0 Å². The van der Waals surface area contributed by atoms with Crippen molar-refractivity contribution in [3.63, 3.8) is 0 Å². The zero-order valence-corrected chi connectivity index (χ0v) is 13.5. The highest BCUT2D eigenvalue weighted by Crippen LogP contribution is 2.32. The summed E-state index contributed by atoms with van der Waals surface area (Å²) in [5.74, 6) is 0.803. The first-order valence-corrected chi connectivity index (χ1v) is 8.32. The Hall–Kier alpha value is -2.30. The number of nitrogens with one attached hydrogen (secondary N) is 1. The van der Waals surface area contributed by atoms with Gasteiger partial charge in [-0.1, -0.05) is 42.4 Å². The smallest absolute Gasteiger partial charge is 0.318 e. The highest BCUT2D eigenvalue weighted by Gasteiger charge is 2.32. The van der Waals surface area contributed by atoms with Gasteiger partial charge in [0.2, 0.25) is 0 Å². The number of urea groups is 1. The monoisotopic (exact) mass is 313 g/mol. The highest BCUT2D eigenvalue weighted by molar-refractivity contribution is 5.75. The molecule has 1 saturated heterocycles. The quantitative estimate of drug-likeness (QED) is 0.921. The Morgan fingerprint density at radius 1 is 1.39 bits per heavy atom. The molecule has 5 nitrogen and oxygen atoms in total. The van der Waals surface area contributed by atoms with Crippen LogP contribution < -0.4 is 5.32 Å². The minimum atomic E-state index is -0.0159. The first-order chi connectivity index (χ1) is 11.3. The lowest BCUT2D eigenvalue weighted by Crippen LogP contribution is -2.40. The molecule has 122 valence electrons. The van der Waals surface area contributed by atoms with E-state index in [-0.39, 0.29) is 12.1 Å². The van der Waals surface area contributed by atoms with Crippen LogP contribution in [-0.4, -0.2) is 29.2 Å². The molecule has 1 aromatic heterocycles. The molecule has 1 aliphatic heterocycles. The lowest BCUT2D eigenvalue weighted by atomic mass is 10.1. The van der Waals surface area contributed by atoms with Crippen molar-refractivity contribution in [1.29, 1.82) is 0 Å². The topological polar surface area (TPSA) is 58.4 Å². The van der Waals surface area contributed by atoms with Gasteiger partial charge in [0.1, 0.15) is 0 Å². The molecule has 0 unspecified atom stereocenters. The summed E-state index contributed by atoms with van der Waals surface area (Å²) in [5, 5.41) is 7.06. The van der Waals surface area contributed by atoms with Crippen LogP contribution in [0.5, 0.6) is 0 Å². The van der Waals surface area contributed by atoms with E-state index in [4.69, 9.17) is 4.52 Å². The Morgan fingerprint density at radius 2 is 2.22 bits per heavy atom. The van der Waals surface area contributed by atoms with Crippen molar-refractivity contribution < 1.29 is 9.32 Å². The zero-order valence-electron chi connectivity index (χ0n) is 13.5. The molecule has 0 bridgehead atoms. The summed E-state index contributed by atoms with van der Waals surface area (Å²) in [7, 11) is 0. The summed E-state index contributed by atoms with van der Waals surface area (Å²) in [6, 6.07) is 12.2. The van der Waals surface area contributed by atoms with Crippen molar-refractivity contribution in [2.75, 3.05) is 13.1 Å². The van der Waals surface area contributed by atoms with E-state index in [0.29, 0.717) is 6.54 Å². The second-order valence-corrected chi connectivity index (χ2v) is 5.89. The average molecular weight is 313 g/mol. The van der Waals surface area contributed by atoms with Crippen molar-refractivity contribution in [2.45, 2.75) is 38.6 Å². The number of carbonyl (C=O) groups excluding carboxylic acids is 1. The minimum absolute atomic E-state index is 0.0134. The molecule has 2 aromatic rings. The van der Waals surface area contributed by atoms with E-state index >= 15 is 0 Å². The Balaban J connectivity index is 1.55. The third-order valence-electron chi connectivity index (χ3n) is 4.31. The number of aromatic nitrogens is 1. The lowest BCUT2D eigenvalue weighted by molar-refractivity contribution is 0.182. The number of aryl methyl sites for hydroxylation is 1. The summed E-state index contributed by atoms with van der Waals surface area (Å²) in [5.41, 5.74) is 2.17. The summed E-state index contributed by atoms with van der Waals surface area (Å²) >= 11 is 0. The average Bonchev–Trinajstić information content (AvgIpc) is 3.24. The number of carbonyl (C=O) groups is 1. The van der Waals surface area contributed by atoms with Crippen LogP contribution in [-0.2, 0) is 12.8 Å². The molecule has 1 N–H and O–H groups in total. The van der Waals surface area contributed by atoms with Crippen molar-refractivity contribution in [3.05, 3.63) is 53.4 Å². The van der Waals surface area contributed by atoms with Gasteiger partial charge < -0.3 is 14.7 Å². The molecule has 1 aliphatic rings. The van der Waals surface area contributed by atoms with Crippen LogP contribution in [0.4, 0.5) is 4.79 Å². The number of amides is 2. The summed E-state index contributed by atoms with van der Waals surface area (Å²) in [4.78, 5) is 14.3. The van der Waals surface area contributed by atoms with Crippen LogP contribution in [0, 0.1) is 0 Å². The van der Waals surface area contributed by atoms with Crippen LogP contribution in [0.1, 0.15) is 42.8 Å². The molecule has 5 heteroatoms. The molecule has 1 aromatic carbocycles. The number of likely N-dealkylation sites (tertiary alicyclic amines) is 1. The Labute approximate surface area is 136 Å². The maximum Gasteiger partial charge on any atom is 0.318 e. The fourth-order valence-electron chi connectivity index (χ4n) is 3.02. The van der Waals surface area contributed by atoms with Gasteiger partial charge in [0.05, 0.1) is 11.7 Å². The molecule has 0 aliphatic carbocycles. The second-order valence-electron chi connectivity index (χ2n) is 5.89. The Kier molecular flexibility index (Phi) is 4.95. The van der Waals surface area contributed by atoms with E-state index in [1.165, 1.54) is 5.56 Å². The summed E-state index contributed by atoms with van der Waals surface area (Å²) in [6.45, 7) is 3.46. The largest absolute Gasteiger partial charge is 0.359 e. The maximum atomic E-state index is 12.4. The fraction of sp³-hybridized carbons (Fsp3) is 0.444. The van der Waals surface area contributed by atoms with Crippen LogP contribution in [0.15, 0.2) is 40.9 Å². The molecule has 0 radical (unpaired) electrons. The van der Waals surface area contributed by atoms with Crippen LogP contribution in [0.3, 0.4) is 0 Å². The van der Waals surface area contributed by atoms with Gasteiger partial charge >= 0.3 is 6.03 Å². The van der Waals surface area contributed by atoms with Gasteiger partial charge in [0.15, 0.2) is 5.76 Å². The highest BCUT2D eigenvalue weighted by atomic mass is 16.5. The van der Waals surface area contributed by atoms with Crippen molar-refractivity contribution in [3.8, 4) is 0 Å².